The predicted molar refractivity (Wildman–Crippen MR) is 64.8 cm³/mol. The SMILES string of the molecule is C[C@H](CN1CCC(F)C1)NC(=O)OC(C)(C)C. The van der Waals surface area contributed by atoms with Gasteiger partial charge in [-0.3, -0.25) is 4.90 Å². The number of alkyl halides is 1. The average molecular weight is 246 g/mol. The topological polar surface area (TPSA) is 41.6 Å². The van der Waals surface area contributed by atoms with E-state index in [0.29, 0.717) is 19.5 Å². The number of carbonyl (C=O) groups is 1. The van der Waals surface area contributed by atoms with E-state index in [4.69, 9.17) is 4.74 Å². The number of rotatable bonds is 3. The van der Waals surface area contributed by atoms with E-state index in [1.807, 2.05) is 32.6 Å². The van der Waals surface area contributed by atoms with Gasteiger partial charge in [0.05, 0.1) is 0 Å². The van der Waals surface area contributed by atoms with Crippen LogP contribution in [0.5, 0.6) is 0 Å². The van der Waals surface area contributed by atoms with Crippen LogP contribution < -0.4 is 5.32 Å². The first kappa shape index (κ1) is 14.2. The van der Waals surface area contributed by atoms with Crippen LogP contribution in [0, 0.1) is 0 Å². The van der Waals surface area contributed by atoms with Crippen molar-refractivity contribution in [1.82, 2.24) is 10.2 Å². The average Bonchev–Trinajstić information content (AvgIpc) is 2.46. The maximum atomic E-state index is 13.0. The number of alkyl carbamates (subject to hydrolysis) is 1. The molecule has 1 aliphatic rings. The van der Waals surface area contributed by atoms with Crippen molar-refractivity contribution in [3.8, 4) is 0 Å². The van der Waals surface area contributed by atoms with Crippen molar-refractivity contribution in [3.05, 3.63) is 0 Å². The summed E-state index contributed by atoms with van der Waals surface area (Å²) >= 11 is 0. The Labute approximate surface area is 102 Å². The summed E-state index contributed by atoms with van der Waals surface area (Å²) in [5.41, 5.74) is -0.485. The van der Waals surface area contributed by atoms with Crippen molar-refractivity contribution in [2.75, 3.05) is 19.6 Å². The molecule has 0 spiro atoms. The summed E-state index contributed by atoms with van der Waals surface area (Å²) < 4.78 is 18.1. The van der Waals surface area contributed by atoms with Gasteiger partial charge in [-0.05, 0) is 34.1 Å². The van der Waals surface area contributed by atoms with Crippen molar-refractivity contribution in [2.45, 2.75) is 51.9 Å². The number of nitrogens with one attached hydrogen (secondary N) is 1. The molecule has 1 unspecified atom stereocenters. The maximum absolute atomic E-state index is 13.0. The van der Waals surface area contributed by atoms with Crippen LogP contribution >= 0.6 is 0 Å². The highest BCUT2D eigenvalue weighted by atomic mass is 19.1. The van der Waals surface area contributed by atoms with Crippen molar-refractivity contribution >= 4 is 6.09 Å². The van der Waals surface area contributed by atoms with Gasteiger partial charge >= 0.3 is 6.09 Å². The van der Waals surface area contributed by atoms with Gasteiger partial charge in [0, 0.05) is 25.7 Å². The molecule has 1 aliphatic heterocycles. The van der Waals surface area contributed by atoms with Crippen LogP contribution in [-0.2, 0) is 4.74 Å². The van der Waals surface area contributed by atoms with Crippen LogP contribution in [0.4, 0.5) is 9.18 Å². The van der Waals surface area contributed by atoms with Crippen LogP contribution in [0.3, 0.4) is 0 Å². The van der Waals surface area contributed by atoms with Crippen molar-refractivity contribution in [1.29, 1.82) is 0 Å². The third kappa shape index (κ3) is 5.86. The Morgan fingerprint density at radius 1 is 1.59 bits per heavy atom. The Bertz CT molecular complexity index is 266. The molecule has 5 heteroatoms. The predicted octanol–water partition coefficient (Wildman–Crippen LogP) is 1.94. The summed E-state index contributed by atoms with van der Waals surface area (Å²) in [6.07, 6.45) is -0.538. The van der Waals surface area contributed by atoms with Gasteiger partial charge in [0.25, 0.3) is 0 Å². The lowest BCUT2D eigenvalue weighted by molar-refractivity contribution is 0.0499. The molecule has 100 valence electrons. The second-order valence-electron chi connectivity index (χ2n) is 5.69. The minimum absolute atomic E-state index is 0.0323. The molecule has 0 aliphatic carbocycles. The van der Waals surface area contributed by atoms with E-state index in [0.717, 1.165) is 6.54 Å². The summed E-state index contributed by atoms with van der Waals surface area (Å²) in [7, 11) is 0. The highest BCUT2D eigenvalue weighted by molar-refractivity contribution is 5.68. The maximum Gasteiger partial charge on any atom is 0.407 e. The lowest BCUT2D eigenvalue weighted by Crippen LogP contribution is -2.43. The van der Waals surface area contributed by atoms with E-state index < -0.39 is 17.9 Å². The minimum atomic E-state index is -0.719. The molecule has 0 aromatic rings. The molecule has 1 fully saturated rings. The molecule has 0 bridgehead atoms. The fourth-order valence-corrected chi connectivity index (χ4v) is 1.89. The van der Waals surface area contributed by atoms with E-state index in [1.54, 1.807) is 0 Å². The van der Waals surface area contributed by atoms with Crippen molar-refractivity contribution in [3.63, 3.8) is 0 Å². The molecular weight excluding hydrogens is 223 g/mol. The van der Waals surface area contributed by atoms with E-state index in [9.17, 15) is 9.18 Å². The molecule has 1 N–H and O–H groups in total. The summed E-state index contributed by atoms with van der Waals surface area (Å²) in [4.78, 5) is 13.5. The molecule has 0 aromatic carbocycles. The van der Waals surface area contributed by atoms with Gasteiger partial charge in [-0.1, -0.05) is 0 Å². The fraction of sp³-hybridized carbons (Fsp3) is 0.917. The molecule has 17 heavy (non-hydrogen) atoms. The highest BCUT2D eigenvalue weighted by Gasteiger charge is 2.24. The standard InChI is InChI=1S/C12H23FN2O2/c1-9(7-15-6-5-10(13)8-15)14-11(16)17-12(2,3)4/h9-10H,5-8H2,1-4H3,(H,14,16)/t9-,10?/m1/s1. The first-order valence-electron chi connectivity index (χ1n) is 6.12. The summed E-state index contributed by atoms with van der Waals surface area (Å²) in [5.74, 6) is 0. The Balaban J connectivity index is 2.25. The summed E-state index contributed by atoms with van der Waals surface area (Å²) in [5, 5.41) is 2.75. The number of carbonyl (C=O) groups excluding carboxylic acids is 1. The monoisotopic (exact) mass is 246 g/mol. The number of amides is 1. The van der Waals surface area contributed by atoms with Gasteiger partial charge in [-0.15, -0.1) is 0 Å². The van der Waals surface area contributed by atoms with E-state index in [1.165, 1.54) is 0 Å². The Kier molecular flexibility index (Phi) is 4.74. The lowest BCUT2D eigenvalue weighted by Gasteiger charge is -2.24. The van der Waals surface area contributed by atoms with Crippen molar-refractivity contribution < 1.29 is 13.9 Å². The number of ether oxygens (including phenoxy) is 1. The molecule has 1 amide bonds. The molecule has 0 saturated carbocycles. The van der Waals surface area contributed by atoms with E-state index in [-0.39, 0.29) is 6.04 Å². The third-order valence-electron chi connectivity index (χ3n) is 2.51. The molecule has 1 heterocycles. The number of likely N-dealkylation sites (tertiary alicyclic amines) is 1. The fourth-order valence-electron chi connectivity index (χ4n) is 1.89. The van der Waals surface area contributed by atoms with E-state index in [2.05, 4.69) is 5.32 Å². The quantitative estimate of drug-likeness (QED) is 0.827. The van der Waals surface area contributed by atoms with Crippen LogP contribution in [0.2, 0.25) is 0 Å². The number of halogens is 1. The molecule has 4 nitrogen and oxygen atoms in total. The van der Waals surface area contributed by atoms with Crippen LogP contribution in [-0.4, -0.2) is 48.4 Å². The second kappa shape index (κ2) is 5.67. The normalized spacial score (nSPS) is 23.5. The van der Waals surface area contributed by atoms with Crippen LogP contribution in [0.1, 0.15) is 34.1 Å². The first-order valence-corrected chi connectivity index (χ1v) is 6.12. The molecule has 0 aromatic heterocycles. The molecular formula is C12H23FN2O2. The van der Waals surface area contributed by atoms with Gasteiger partial charge in [-0.25, -0.2) is 9.18 Å². The van der Waals surface area contributed by atoms with Gasteiger partial charge in [0.2, 0.25) is 0 Å². The number of nitrogens with zero attached hydrogens (tertiary/aromatic N) is 1. The molecule has 1 rings (SSSR count). The van der Waals surface area contributed by atoms with Gasteiger partial charge in [0.15, 0.2) is 0 Å². The zero-order valence-corrected chi connectivity index (χ0v) is 11.1. The third-order valence-corrected chi connectivity index (χ3v) is 2.51. The zero-order chi connectivity index (χ0) is 13.1. The molecule has 0 radical (unpaired) electrons. The Morgan fingerprint density at radius 3 is 2.71 bits per heavy atom. The summed E-state index contributed by atoms with van der Waals surface area (Å²) in [6.45, 7) is 9.28. The first-order chi connectivity index (χ1) is 7.76. The lowest BCUT2D eigenvalue weighted by atomic mass is 10.2. The number of hydrogen-bond donors (Lipinski definition) is 1. The largest absolute Gasteiger partial charge is 0.444 e. The van der Waals surface area contributed by atoms with Gasteiger partial charge in [-0.2, -0.15) is 0 Å². The molecule has 2 atom stereocenters. The smallest absolute Gasteiger partial charge is 0.407 e. The second-order valence-corrected chi connectivity index (χ2v) is 5.69. The highest BCUT2D eigenvalue weighted by Crippen LogP contribution is 2.12. The summed E-state index contributed by atoms with van der Waals surface area (Å²) in [6, 6.07) is -0.0323. The Hall–Kier alpha value is -0.840. The van der Waals surface area contributed by atoms with E-state index >= 15 is 0 Å². The molecule has 1 saturated heterocycles. The van der Waals surface area contributed by atoms with Crippen molar-refractivity contribution in [2.24, 2.45) is 0 Å². The van der Waals surface area contributed by atoms with Gasteiger partial charge in [0.1, 0.15) is 11.8 Å². The Morgan fingerprint density at radius 2 is 2.24 bits per heavy atom. The van der Waals surface area contributed by atoms with Crippen LogP contribution in [0.15, 0.2) is 0 Å². The van der Waals surface area contributed by atoms with Crippen LogP contribution in [0.25, 0.3) is 0 Å². The zero-order valence-electron chi connectivity index (χ0n) is 11.1. The minimum Gasteiger partial charge on any atom is -0.444 e. The number of hydrogen-bond acceptors (Lipinski definition) is 3. The van der Waals surface area contributed by atoms with Gasteiger partial charge < -0.3 is 10.1 Å².